The van der Waals surface area contributed by atoms with Crippen LogP contribution in [0.3, 0.4) is 0 Å². The Bertz CT molecular complexity index is 2660. The minimum absolute atomic E-state index is 0.257. The highest BCUT2D eigenvalue weighted by Crippen LogP contribution is 2.40. The average molecular weight is 629 g/mol. The third-order valence-electron chi connectivity index (χ3n) is 8.82. The molecule has 3 heterocycles. The molecule has 0 unspecified atom stereocenters. The van der Waals surface area contributed by atoms with Gasteiger partial charge in [0.15, 0.2) is 11.6 Å². The molecule has 0 aliphatic rings. The summed E-state index contributed by atoms with van der Waals surface area (Å²) in [5.41, 5.74) is 8.51. The highest BCUT2D eigenvalue weighted by molar-refractivity contribution is 6.10. The fraction of sp³-hybridized carbons (Fsp3) is 0.0233. The fourth-order valence-corrected chi connectivity index (χ4v) is 6.70. The van der Waals surface area contributed by atoms with E-state index in [0.29, 0.717) is 17.2 Å². The monoisotopic (exact) mass is 628 g/mol. The Morgan fingerprint density at radius 2 is 1.16 bits per heavy atom. The largest absolute Gasteiger partial charge is 0.291 e. The van der Waals surface area contributed by atoms with Gasteiger partial charge in [-0.25, -0.2) is 9.97 Å². The first-order valence-electron chi connectivity index (χ1n) is 16.0. The van der Waals surface area contributed by atoms with Crippen molar-refractivity contribution in [1.29, 1.82) is 10.5 Å². The summed E-state index contributed by atoms with van der Waals surface area (Å²) < 4.78 is 4.29. The van der Waals surface area contributed by atoms with Crippen molar-refractivity contribution >= 4 is 44.9 Å². The number of aromatic nitrogens is 4. The van der Waals surface area contributed by atoms with Gasteiger partial charge < -0.3 is 0 Å². The highest BCUT2D eigenvalue weighted by Gasteiger charge is 2.26. The normalized spacial score (nSPS) is 11.3. The van der Waals surface area contributed by atoms with E-state index in [1.54, 1.807) is 0 Å². The second-order valence-electron chi connectivity index (χ2n) is 11.6. The van der Waals surface area contributed by atoms with Crippen LogP contribution in [-0.2, 0) is 0 Å². The van der Waals surface area contributed by atoms with Gasteiger partial charge in [-0.2, -0.15) is 10.5 Å². The van der Waals surface area contributed by atoms with Crippen LogP contribution in [0.2, 0.25) is 0 Å². The van der Waals surface area contributed by atoms with Crippen LogP contribution in [0.1, 0.15) is 23.2 Å². The van der Waals surface area contributed by atoms with Gasteiger partial charge in [0.05, 0.1) is 57.8 Å². The van der Waals surface area contributed by atoms with Gasteiger partial charge in [-0.3, -0.25) is 9.13 Å². The van der Waals surface area contributed by atoms with Crippen molar-refractivity contribution in [2.45, 2.75) is 6.42 Å². The maximum absolute atomic E-state index is 9.82. The number of hydrogen-bond donors (Lipinski definition) is 0. The molecule has 0 spiro atoms. The van der Waals surface area contributed by atoms with Gasteiger partial charge in [0.25, 0.3) is 0 Å². The molecule has 0 aliphatic heterocycles. The Morgan fingerprint density at radius 3 is 1.78 bits per heavy atom. The van der Waals surface area contributed by atoms with Crippen molar-refractivity contribution in [3.63, 3.8) is 0 Å². The SMILES string of the molecule is C=Cc1c(/C=C\CC#N)n(-c2nc(-c3ccccc3)c(-c3ccccc3)nc2-n2c3ccccc3c3cc(C#N)ccc32)c2ccccc12. The van der Waals surface area contributed by atoms with Crippen LogP contribution in [-0.4, -0.2) is 19.1 Å². The zero-order chi connectivity index (χ0) is 33.3. The number of benzene rings is 5. The maximum Gasteiger partial charge on any atom is 0.182 e. The van der Waals surface area contributed by atoms with Crippen molar-refractivity contribution in [3.8, 4) is 46.3 Å². The molecule has 0 amide bonds. The summed E-state index contributed by atoms with van der Waals surface area (Å²) in [6.07, 6.45) is 5.96. The van der Waals surface area contributed by atoms with E-state index in [9.17, 15) is 10.5 Å². The average Bonchev–Trinajstić information content (AvgIpc) is 3.66. The molecular weight excluding hydrogens is 601 g/mol. The maximum atomic E-state index is 9.82. The second kappa shape index (κ2) is 12.3. The lowest BCUT2D eigenvalue weighted by Gasteiger charge is -2.19. The lowest BCUT2D eigenvalue weighted by Crippen LogP contribution is -2.12. The lowest BCUT2D eigenvalue weighted by molar-refractivity contribution is 0.951. The molecule has 0 N–H and O–H groups in total. The number of rotatable bonds is 7. The highest BCUT2D eigenvalue weighted by atomic mass is 15.2. The Balaban J connectivity index is 1.59. The summed E-state index contributed by atoms with van der Waals surface area (Å²) in [5, 5.41) is 22.2. The third-order valence-corrected chi connectivity index (χ3v) is 8.82. The quantitative estimate of drug-likeness (QED) is 0.176. The molecule has 49 heavy (non-hydrogen) atoms. The molecule has 0 fully saturated rings. The van der Waals surface area contributed by atoms with Crippen LogP contribution in [0.4, 0.5) is 0 Å². The van der Waals surface area contributed by atoms with Crippen LogP contribution >= 0.6 is 0 Å². The summed E-state index contributed by atoms with van der Waals surface area (Å²) in [6, 6.07) is 47.0. The molecule has 0 bridgehead atoms. The first kappa shape index (κ1) is 29.4. The first-order valence-corrected chi connectivity index (χ1v) is 16.0. The Morgan fingerprint density at radius 1 is 0.612 bits per heavy atom. The van der Waals surface area contributed by atoms with Gasteiger partial charge in [0.1, 0.15) is 0 Å². The molecule has 3 aromatic heterocycles. The predicted octanol–water partition coefficient (Wildman–Crippen LogP) is 10.3. The van der Waals surface area contributed by atoms with Crippen LogP contribution in [0.25, 0.3) is 79.0 Å². The molecule has 0 aliphatic carbocycles. The molecule has 6 nitrogen and oxygen atoms in total. The summed E-state index contributed by atoms with van der Waals surface area (Å²) in [6.45, 7) is 4.19. The number of allylic oxidation sites excluding steroid dienone is 1. The molecule has 230 valence electrons. The third kappa shape index (κ3) is 4.88. The lowest BCUT2D eigenvalue weighted by atomic mass is 10.0. The predicted molar refractivity (Wildman–Crippen MR) is 198 cm³/mol. The zero-order valence-electron chi connectivity index (χ0n) is 26.5. The Kier molecular flexibility index (Phi) is 7.38. The summed E-state index contributed by atoms with van der Waals surface area (Å²) in [7, 11) is 0. The van der Waals surface area contributed by atoms with Gasteiger partial charge in [-0.05, 0) is 36.4 Å². The number of hydrogen-bond acceptors (Lipinski definition) is 4. The number of fused-ring (bicyclic) bond motifs is 4. The van der Waals surface area contributed by atoms with Gasteiger partial charge in [-0.15, -0.1) is 0 Å². The minimum Gasteiger partial charge on any atom is -0.291 e. The van der Waals surface area contributed by atoms with E-state index in [1.165, 1.54) is 0 Å². The number of nitriles is 2. The van der Waals surface area contributed by atoms with E-state index in [1.807, 2.05) is 97.1 Å². The van der Waals surface area contributed by atoms with Gasteiger partial charge >= 0.3 is 0 Å². The first-order chi connectivity index (χ1) is 24.2. The smallest absolute Gasteiger partial charge is 0.182 e. The second-order valence-corrected chi connectivity index (χ2v) is 11.6. The Hall–Kier alpha value is -7.02. The summed E-state index contributed by atoms with van der Waals surface area (Å²) in [5.74, 6) is 1.24. The van der Waals surface area contributed by atoms with E-state index >= 15 is 0 Å². The van der Waals surface area contributed by atoms with Crippen LogP contribution < -0.4 is 0 Å². The van der Waals surface area contributed by atoms with Crippen molar-refractivity contribution in [2.24, 2.45) is 0 Å². The van der Waals surface area contributed by atoms with E-state index in [0.717, 1.165) is 66.5 Å². The molecule has 6 heteroatoms. The number of para-hydroxylation sites is 2. The molecule has 0 saturated carbocycles. The standard InChI is InChI=1S/C43H28N6/c1-2-32-33-19-9-11-21-37(33)48(36(32)23-13-14-26-44)42-43(49-38-22-12-10-20-34(38)35-27-29(28-45)24-25-39(35)49)47-41(31-17-7-4-8-18-31)40(46-42)30-15-5-3-6-16-30/h2-13,15-25,27H,1,14H2/b23-13-. The molecule has 5 aromatic carbocycles. The fourth-order valence-electron chi connectivity index (χ4n) is 6.70. The molecule has 0 saturated heterocycles. The van der Waals surface area contributed by atoms with Gasteiger partial charge in [0, 0.05) is 32.8 Å². The van der Waals surface area contributed by atoms with E-state index in [-0.39, 0.29) is 6.42 Å². The van der Waals surface area contributed by atoms with E-state index in [2.05, 4.69) is 76.4 Å². The number of nitrogens with zero attached hydrogens (tertiary/aromatic N) is 6. The minimum atomic E-state index is 0.257. The Labute approximate surface area is 283 Å². The molecular formula is C43H28N6. The molecule has 0 atom stereocenters. The van der Waals surface area contributed by atoms with Crippen molar-refractivity contribution in [3.05, 3.63) is 157 Å². The summed E-state index contributed by atoms with van der Waals surface area (Å²) >= 11 is 0. The zero-order valence-corrected chi connectivity index (χ0v) is 26.5. The van der Waals surface area contributed by atoms with Crippen LogP contribution in [0, 0.1) is 22.7 Å². The van der Waals surface area contributed by atoms with Gasteiger partial charge in [0.2, 0.25) is 0 Å². The molecule has 8 rings (SSSR count). The van der Waals surface area contributed by atoms with Crippen molar-refractivity contribution < 1.29 is 0 Å². The van der Waals surface area contributed by atoms with E-state index < -0.39 is 0 Å². The summed E-state index contributed by atoms with van der Waals surface area (Å²) in [4.78, 5) is 11.1. The topological polar surface area (TPSA) is 83.2 Å². The van der Waals surface area contributed by atoms with E-state index in [4.69, 9.17) is 9.97 Å². The molecule has 8 aromatic rings. The van der Waals surface area contributed by atoms with Crippen molar-refractivity contribution in [2.75, 3.05) is 0 Å². The van der Waals surface area contributed by atoms with Gasteiger partial charge in [-0.1, -0.05) is 116 Å². The van der Waals surface area contributed by atoms with Crippen LogP contribution in [0.15, 0.2) is 140 Å². The molecule has 0 radical (unpaired) electrons. The van der Waals surface area contributed by atoms with Crippen molar-refractivity contribution in [1.82, 2.24) is 19.1 Å². The van der Waals surface area contributed by atoms with Crippen LogP contribution in [0.5, 0.6) is 0 Å².